The molecule has 0 aliphatic heterocycles. The van der Waals surface area contributed by atoms with Gasteiger partial charge in [-0.2, -0.15) is 0 Å². The fraction of sp³-hybridized carbons (Fsp3) is 0.650. The van der Waals surface area contributed by atoms with Crippen molar-refractivity contribution in [3.05, 3.63) is 28.8 Å². The predicted octanol–water partition coefficient (Wildman–Crippen LogP) is 4.84. The number of phenols is 1. The van der Waals surface area contributed by atoms with E-state index >= 15 is 0 Å². The third kappa shape index (κ3) is 4.49. The molecule has 1 fully saturated rings. The third-order valence-corrected chi connectivity index (χ3v) is 4.90. The molecule has 128 valence electrons. The van der Waals surface area contributed by atoms with Crippen LogP contribution in [0.5, 0.6) is 5.75 Å². The maximum atomic E-state index is 11.4. The van der Waals surface area contributed by atoms with E-state index < -0.39 is 0 Å². The molecular formula is C20H30O3. The number of phenolic OH excluding ortho intramolecular Hbond substituents is 1. The smallest absolute Gasteiger partial charge is 0.305 e. The van der Waals surface area contributed by atoms with Crippen molar-refractivity contribution in [3.63, 3.8) is 0 Å². The molecule has 0 unspecified atom stereocenters. The molecule has 0 atom stereocenters. The summed E-state index contributed by atoms with van der Waals surface area (Å²) < 4.78 is 4.75. The highest BCUT2D eigenvalue weighted by Gasteiger charge is 2.26. The zero-order valence-electron chi connectivity index (χ0n) is 14.9. The highest BCUT2D eigenvalue weighted by atomic mass is 16.5. The first-order chi connectivity index (χ1) is 10.8. The van der Waals surface area contributed by atoms with Gasteiger partial charge in [0, 0.05) is 6.42 Å². The number of hydrogen-bond acceptors (Lipinski definition) is 3. The van der Waals surface area contributed by atoms with Crippen molar-refractivity contribution in [1.29, 1.82) is 0 Å². The Kier molecular flexibility index (Phi) is 5.72. The molecule has 3 nitrogen and oxygen atoms in total. The topological polar surface area (TPSA) is 46.5 Å². The molecule has 0 radical (unpaired) electrons. The van der Waals surface area contributed by atoms with Crippen molar-refractivity contribution in [2.24, 2.45) is 0 Å². The number of ether oxygens (including phenoxy) is 1. The van der Waals surface area contributed by atoms with Crippen LogP contribution >= 0.6 is 0 Å². The Labute approximate surface area is 140 Å². The molecule has 0 aromatic heterocycles. The number of aryl methyl sites for hydroxylation is 1. The lowest BCUT2D eigenvalue weighted by Crippen LogP contribution is -2.15. The predicted molar refractivity (Wildman–Crippen MR) is 93.0 cm³/mol. The van der Waals surface area contributed by atoms with E-state index in [-0.39, 0.29) is 11.4 Å². The Morgan fingerprint density at radius 2 is 1.87 bits per heavy atom. The van der Waals surface area contributed by atoms with Gasteiger partial charge in [0.15, 0.2) is 0 Å². The summed E-state index contributed by atoms with van der Waals surface area (Å²) in [6, 6.07) is 4.17. The number of carbonyl (C=O) groups excluding carboxylic acids is 1. The molecule has 0 spiro atoms. The van der Waals surface area contributed by atoms with E-state index in [1.807, 2.05) is 0 Å². The summed E-state index contributed by atoms with van der Waals surface area (Å²) in [6.07, 6.45) is 7.12. The SMILES string of the molecule is COC(=O)CCc1cc(C2CCCCC2)c(O)c(C(C)(C)C)c1. The summed E-state index contributed by atoms with van der Waals surface area (Å²) in [5.41, 5.74) is 3.07. The van der Waals surface area contributed by atoms with Crippen LogP contribution in [0, 0.1) is 0 Å². The van der Waals surface area contributed by atoms with Gasteiger partial charge in [0.05, 0.1) is 7.11 Å². The lowest BCUT2D eigenvalue weighted by molar-refractivity contribution is -0.140. The second-order valence-corrected chi connectivity index (χ2v) is 7.74. The minimum Gasteiger partial charge on any atom is -0.507 e. The highest BCUT2D eigenvalue weighted by Crippen LogP contribution is 2.42. The molecule has 0 amide bonds. The number of benzene rings is 1. The molecule has 1 aromatic carbocycles. The van der Waals surface area contributed by atoms with Crippen LogP contribution in [0.3, 0.4) is 0 Å². The van der Waals surface area contributed by atoms with Crippen molar-refractivity contribution in [3.8, 4) is 5.75 Å². The van der Waals surface area contributed by atoms with E-state index in [1.165, 1.54) is 26.4 Å². The number of carbonyl (C=O) groups is 1. The van der Waals surface area contributed by atoms with Gasteiger partial charge >= 0.3 is 5.97 Å². The fourth-order valence-electron chi connectivity index (χ4n) is 3.51. The number of methoxy groups -OCH3 is 1. The van der Waals surface area contributed by atoms with Gasteiger partial charge in [-0.3, -0.25) is 4.79 Å². The summed E-state index contributed by atoms with van der Waals surface area (Å²) in [5, 5.41) is 10.8. The van der Waals surface area contributed by atoms with E-state index in [9.17, 15) is 9.90 Å². The molecule has 1 aromatic rings. The average Bonchev–Trinajstić information content (AvgIpc) is 2.53. The van der Waals surface area contributed by atoms with Crippen LogP contribution in [-0.4, -0.2) is 18.2 Å². The Morgan fingerprint density at radius 1 is 1.22 bits per heavy atom. The van der Waals surface area contributed by atoms with Gasteiger partial charge in [-0.25, -0.2) is 0 Å². The maximum absolute atomic E-state index is 11.4. The zero-order valence-corrected chi connectivity index (χ0v) is 14.9. The summed E-state index contributed by atoms with van der Waals surface area (Å²) in [7, 11) is 1.42. The van der Waals surface area contributed by atoms with Crippen molar-refractivity contribution >= 4 is 5.97 Å². The van der Waals surface area contributed by atoms with E-state index in [4.69, 9.17) is 4.74 Å². The van der Waals surface area contributed by atoms with E-state index in [1.54, 1.807) is 0 Å². The average molecular weight is 318 g/mol. The Hall–Kier alpha value is -1.51. The zero-order chi connectivity index (χ0) is 17.0. The molecular weight excluding hydrogens is 288 g/mol. The molecule has 23 heavy (non-hydrogen) atoms. The molecule has 0 bridgehead atoms. The van der Waals surface area contributed by atoms with Gasteiger partial charge in [-0.05, 0) is 47.3 Å². The first kappa shape index (κ1) is 17.8. The minimum absolute atomic E-state index is 0.116. The van der Waals surface area contributed by atoms with E-state index in [0.29, 0.717) is 24.5 Å². The van der Waals surface area contributed by atoms with Gasteiger partial charge in [-0.1, -0.05) is 52.2 Å². The first-order valence-electron chi connectivity index (χ1n) is 8.76. The normalized spacial score (nSPS) is 16.3. The quantitative estimate of drug-likeness (QED) is 0.808. The van der Waals surface area contributed by atoms with E-state index in [0.717, 1.165) is 29.5 Å². The molecule has 1 N–H and O–H groups in total. The van der Waals surface area contributed by atoms with Gasteiger partial charge in [0.2, 0.25) is 0 Å². The Balaban J connectivity index is 2.36. The van der Waals surface area contributed by atoms with Gasteiger partial charge < -0.3 is 9.84 Å². The Bertz CT molecular complexity index is 549. The summed E-state index contributed by atoms with van der Waals surface area (Å²) in [6.45, 7) is 6.37. The molecule has 1 saturated carbocycles. The molecule has 0 heterocycles. The molecule has 0 saturated heterocycles. The van der Waals surface area contributed by atoms with Crippen LogP contribution in [0.4, 0.5) is 0 Å². The highest BCUT2D eigenvalue weighted by molar-refractivity contribution is 5.69. The molecule has 2 rings (SSSR count). The summed E-state index contributed by atoms with van der Waals surface area (Å²) >= 11 is 0. The van der Waals surface area contributed by atoms with Gasteiger partial charge in [-0.15, -0.1) is 0 Å². The van der Waals surface area contributed by atoms with Gasteiger partial charge in [0.1, 0.15) is 5.75 Å². The van der Waals surface area contributed by atoms with Crippen LogP contribution in [0.25, 0.3) is 0 Å². The standard InChI is InChI=1S/C20H30O3/c1-20(2,3)17-13-14(10-11-18(21)23-4)12-16(19(17)22)15-8-6-5-7-9-15/h12-13,15,22H,5-11H2,1-4H3. The third-order valence-electron chi connectivity index (χ3n) is 4.90. The van der Waals surface area contributed by atoms with Crippen molar-refractivity contribution in [2.45, 2.75) is 77.0 Å². The van der Waals surface area contributed by atoms with Crippen LogP contribution in [-0.2, 0) is 21.4 Å². The van der Waals surface area contributed by atoms with Crippen LogP contribution < -0.4 is 0 Å². The monoisotopic (exact) mass is 318 g/mol. The lowest BCUT2D eigenvalue weighted by Gasteiger charge is -2.28. The summed E-state index contributed by atoms with van der Waals surface area (Å²) in [4.78, 5) is 11.4. The van der Waals surface area contributed by atoms with Crippen molar-refractivity contribution in [1.82, 2.24) is 0 Å². The largest absolute Gasteiger partial charge is 0.507 e. The van der Waals surface area contributed by atoms with Crippen molar-refractivity contribution < 1.29 is 14.6 Å². The maximum Gasteiger partial charge on any atom is 0.305 e. The van der Waals surface area contributed by atoms with Crippen LogP contribution in [0.1, 0.15) is 81.9 Å². The fourth-order valence-corrected chi connectivity index (χ4v) is 3.51. The molecule has 1 aliphatic rings. The second kappa shape index (κ2) is 7.37. The Morgan fingerprint density at radius 3 is 2.43 bits per heavy atom. The summed E-state index contributed by atoms with van der Waals surface area (Å²) in [5.74, 6) is 0.726. The minimum atomic E-state index is -0.186. The first-order valence-corrected chi connectivity index (χ1v) is 8.76. The molecule has 3 heteroatoms. The van der Waals surface area contributed by atoms with Crippen molar-refractivity contribution in [2.75, 3.05) is 7.11 Å². The van der Waals surface area contributed by atoms with Crippen LogP contribution in [0.15, 0.2) is 12.1 Å². The van der Waals surface area contributed by atoms with Gasteiger partial charge in [0.25, 0.3) is 0 Å². The van der Waals surface area contributed by atoms with E-state index in [2.05, 4.69) is 32.9 Å². The van der Waals surface area contributed by atoms with Crippen LogP contribution in [0.2, 0.25) is 0 Å². The second-order valence-electron chi connectivity index (χ2n) is 7.74. The number of esters is 1. The number of hydrogen-bond donors (Lipinski definition) is 1. The lowest BCUT2D eigenvalue weighted by atomic mass is 9.78. The molecule has 1 aliphatic carbocycles. The number of aromatic hydroxyl groups is 1. The number of rotatable bonds is 4.